The highest BCUT2D eigenvalue weighted by atomic mass is 32.2. The number of aryl methyl sites for hydroxylation is 1. The Hall–Kier alpha value is -1.07. The minimum absolute atomic E-state index is 0.452. The standard InChI is InChI=1S/C11H16N4S/c1-9-2-3-10(14-13-9)8-15-6-7-16-11(15)4-5-12/h2-3,6-7,11H,4-5,8,12H2,1H3. The predicted molar refractivity (Wildman–Crippen MR) is 66.5 cm³/mol. The lowest BCUT2D eigenvalue weighted by molar-refractivity contribution is 0.338. The van der Waals surface area contributed by atoms with Crippen LogP contribution in [-0.2, 0) is 6.54 Å². The summed E-state index contributed by atoms with van der Waals surface area (Å²) < 4.78 is 0. The first kappa shape index (κ1) is 11.4. The molecule has 1 atom stereocenters. The Labute approximate surface area is 99.9 Å². The van der Waals surface area contributed by atoms with Gasteiger partial charge in [-0.15, -0.1) is 11.8 Å². The van der Waals surface area contributed by atoms with Gasteiger partial charge < -0.3 is 10.6 Å². The van der Waals surface area contributed by atoms with Crippen LogP contribution < -0.4 is 5.73 Å². The Bertz CT molecular complexity index is 363. The molecule has 0 aromatic carbocycles. The van der Waals surface area contributed by atoms with Crippen LogP contribution in [0.2, 0.25) is 0 Å². The van der Waals surface area contributed by atoms with Crippen LogP contribution in [0.15, 0.2) is 23.7 Å². The summed E-state index contributed by atoms with van der Waals surface area (Å²) in [6, 6.07) is 4.02. The van der Waals surface area contributed by atoms with Crippen LogP contribution in [0.5, 0.6) is 0 Å². The third kappa shape index (κ3) is 2.74. The summed E-state index contributed by atoms with van der Waals surface area (Å²) in [6.45, 7) is 3.47. The van der Waals surface area contributed by atoms with E-state index in [4.69, 9.17) is 5.73 Å². The molecule has 1 aliphatic heterocycles. The van der Waals surface area contributed by atoms with E-state index < -0.39 is 0 Å². The van der Waals surface area contributed by atoms with Gasteiger partial charge in [-0.3, -0.25) is 0 Å². The molecule has 0 amide bonds. The molecule has 1 unspecified atom stereocenters. The molecule has 1 aliphatic rings. The molecular formula is C11H16N4S. The van der Waals surface area contributed by atoms with E-state index in [1.54, 1.807) is 0 Å². The van der Waals surface area contributed by atoms with Gasteiger partial charge in [0.05, 0.1) is 23.3 Å². The van der Waals surface area contributed by atoms with Gasteiger partial charge in [-0.05, 0) is 37.4 Å². The first-order valence-electron chi connectivity index (χ1n) is 5.37. The van der Waals surface area contributed by atoms with E-state index in [0.717, 1.165) is 30.9 Å². The fourth-order valence-electron chi connectivity index (χ4n) is 1.61. The Kier molecular flexibility index (Phi) is 3.79. The molecule has 0 radical (unpaired) electrons. The van der Waals surface area contributed by atoms with Crippen LogP contribution in [0.3, 0.4) is 0 Å². The largest absolute Gasteiger partial charge is 0.359 e. The van der Waals surface area contributed by atoms with Gasteiger partial charge in [-0.25, -0.2) is 0 Å². The van der Waals surface area contributed by atoms with Gasteiger partial charge in [0.1, 0.15) is 0 Å². The maximum atomic E-state index is 5.59. The molecule has 1 aromatic rings. The molecule has 0 saturated heterocycles. The second-order valence-corrected chi connectivity index (χ2v) is 4.88. The second kappa shape index (κ2) is 5.32. The maximum Gasteiger partial charge on any atom is 0.0824 e. The third-order valence-corrected chi connectivity index (χ3v) is 3.57. The highest BCUT2D eigenvalue weighted by molar-refractivity contribution is 8.02. The molecule has 0 fully saturated rings. The van der Waals surface area contributed by atoms with Gasteiger partial charge in [0, 0.05) is 6.20 Å². The zero-order valence-electron chi connectivity index (χ0n) is 9.34. The molecule has 1 aromatic heterocycles. The van der Waals surface area contributed by atoms with E-state index in [0.29, 0.717) is 5.37 Å². The van der Waals surface area contributed by atoms with Gasteiger partial charge in [-0.1, -0.05) is 0 Å². The van der Waals surface area contributed by atoms with Crippen molar-refractivity contribution in [3.8, 4) is 0 Å². The third-order valence-electron chi connectivity index (χ3n) is 2.47. The smallest absolute Gasteiger partial charge is 0.0824 e. The van der Waals surface area contributed by atoms with Crippen molar-refractivity contribution in [3.63, 3.8) is 0 Å². The molecule has 4 nitrogen and oxygen atoms in total. The Balaban J connectivity index is 1.98. The average molecular weight is 236 g/mol. The van der Waals surface area contributed by atoms with E-state index in [2.05, 4.69) is 26.7 Å². The lowest BCUT2D eigenvalue weighted by atomic mass is 10.3. The van der Waals surface area contributed by atoms with Crippen LogP contribution in [0.1, 0.15) is 17.8 Å². The highest BCUT2D eigenvalue weighted by Crippen LogP contribution is 2.28. The molecule has 2 heterocycles. The Morgan fingerprint density at radius 1 is 1.44 bits per heavy atom. The number of rotatable bonds is 4. The second-order valence-electron chi connectivity index (χ2n) is 3.79. The molecule has 0 aliphatic carbocycles. The molecule has 0 spiro atoms. The summed E-state index contributed by atoms with van der Waals surface area (Å²) in [5, 5.41) is 10.8. The van der Waals surface area contributed by atoms with Gasteiger partial charge in [-0.2, -0.15) is 10.2 Å². The maximum absolute atomic E-state index is 5.59. The fourth-order valence-corrected chi connectivity index (χ4v) is 2.59. The average Bonchev–Trinajstić information content (AvgIpc) is 2.70. The quantitative estimate of drug-likeness (QED) is 0.858. The van der Waals surface area contributed by atoms with Crippen molar-refractivity contribution < 1.29 is 0 Å². The monoisotopic (exact) mass is 236 g/mol. The van der Waals surface area contributed by atoms with Gasteiger partial charge >= 0.3 is 0 Å². The number of hydrogen-bond acceptors (Lipinski definition) is 5. The molecule has 2 N–H and O–H groups in total. The summed E-state index contributed by atoms with van der Waals surface area (Å²) in [6.07, 6.45) is 3.10. The molecule has 2 rings (SSSR count). The topological polar surface area (TPSA) is 55.0 Å². The minimum Gasteiger partial charge on any atom is -0.359 e. The molecule has 5 heteroatoms. The van der Waals surface area contributed by atoms with E-state index in [1.807, 2.05) is 30.8 Å². The van der Waals surface area contributed by atoms with Crippen LogP contribution in [0.4, 0.5) is 0 Å². The first-order valence-corrected chi connectivity index (χ1v) is 6.31. The van der Waals surface area contributed by atoms with Crippen molar-refractivity contribution in [2.75, 3.05) is 6.54 Å². The fraction of sp³-hybridized carbons (Fsp3) is 0.455. The SMILES string of the molecule is Cc1ccc(CN2C=CSC2CCN)nn1. The van der Waals surface area contributed by atoms with Crippen LogP contribution in [0.25, 0.3) is 0 Å². The van der Waals surface area contributed by atoms with E-state index in [9.17, 15) is 0 Å². The van der Waals surface area contributed by atoms with Crippen LogP contribution >= 0.6 is 11.8 Å². The van der Waals surface area contributed by atoms with E-state index >= 15 is 0 Å². The number of nitrogens with zero attached hydrogens (tertiary/aromatic N) is 3. The first-order chi connectivity index (χ1) is 7.79. The summed E-state index contributed by atoms with van der Waals surface area (Å²) in [4.78, 5) is 2.26. The normalized spacial score (nSPS) is 19.4. The zero-order chi connectivity index (χ0) is 11.4. The number of nitrogens with two attached hydrogens (primary N) is 1. The van der Waals surface area contributed by atoms with Crippen LogP contribution in [-0.4, -0.2) is 27.0 Å². The van der Waals surface area contributed by atoms with Crippen molar-refractivity contribution in [1.29, 1.82) is 0 Å². The molecule has 86 valence electrons. The van der Waals surface area contributed by atoms with Crippen molar-refractivity contribution in [2.45, 2.75) is 25.3 Å². The molecule has 16 heavy (non-hydrogen) atoms. The number of thioether (sulfide) groups is 1. The molecule has 0 saturated carbocycles. The minimum atomic E-state index is 0.452. The summed E-state index contributed by atoms with van der Waals surface area (Å²) in [7, 11) is 0. The van der Waals surface area contributed by atoms with Gasteiger partial charge in [0.25, 0.3) is 0 Å². The lowest BCUT2D eigenvalue weighted by Crippen LogP contribution is -2.27. The summed E-state index contributed by atoms with van der Waals surface area (Å²) >= 11 is 1.81. The van der Waals surface area contributed by atoms with Crippen molar-refractivity contribution >= 4 is 11.8 Å². The molecule has 0 bridgehead atoms. The van der Waals surface area contributed by atoms with E-state index in [1.165, 1.54) is 0 Å². The summed E-state index contributed by atoms with van der Waals surface area (Å²) in [5.74, 6) is 0. The highest BCUT2D eigenvalue weighted by Gasteiger charge is 2.19. The van der Waals surface area contributed by atoms with Crippen molar-refractivity contribution in [1.82, 2.24) is 15.1 Å². The van der Waals surface area contributed by atoms with Gasteiger partial charge in [0.2, 0.25) is 0 Å². The number of aromatic nitrogens is 2. The molecular weight excluding hydrogens is 220 g/mol. The zero-order valence-corrected chi connectivity index (χ0v) is 10.2. The Morgan fingerprint density at radius 3 is 3.00 bits per heavy atom. The van der Waals surface area contributed by atoms with Crippen LogP contribution in [0, 0.1) is 6.92 Å². The van der Waals surface area contributed by atoms with Crippen molar-refractivity contribution in [2.24, 2.45) is 5.73 Å². The summed E-state index contributed by atoms with van der Waals surface area (Å²) in [5.41, 5.74) is 7.54. The number of hydrogen-bond donors (Lipinski definition) is 1. The lowest BCUT2D eigenvalue weighted by Gasteiger charge is -2.23. The van der Waals surface area contributed by atoms with Gasteiger partial charge in [0.15, 0.2) is 0 Å². The predicted octanol–water partition coefficient (Wildman–Crippen LogP) is 1.48. The van der Waals surface area contributed by atoms with E-state index in [-0.39, 0.29) is 0 Å². The van der Waals surface area contributed by atoms with Crippen molar-refractivity contribution in [3.05, 3.63) is 35.1 Å². The Morgan fingerprint density at radius 2 is 2.31 bits per heavy atom.